The van der Waals surface area contributed by atoms with Gasteiger partial charge in [-0.3, -0.25) is 10.2 Å². The van der Waals surface area contributed by atoms with E-state index in [9.17, 15) is 9.18 Å². The lowest BCUT2D eigenvalue weighted by molar-refractivity contribution is 0.256. The van der Waals surface area contributed by atoms with Gasteiger partial charge in [-0.25, -0.2) is 14.2 Å². The average molecular weight is 404 g/mol. The van der Waals surface area contributed by atoms with Crippen LogP contribution in [0.3, 0.4) is 0 Å². The number of nitrogens with one attached hydrogen (secondary N) is 1. The minimum Gasteiger partial charge on any atom is -0.445 e. The van der Waals surface area contributed by atoms with Crippen LogP contribution in [0.5, 0.6) is 10.8 Å². The summed E-state index contributed by atoms with van der Waals surface area (Å²) in [5.74, 6) is -0.00669. The van der Waals surface area contributed by atoms with Crippen LogP contribution in [0.4, 0.5) is 20.0 Å². The molecule has 138 valence electrons. The van der Waals surface area contributed by atoms with Crippen LogP contribution in [0.15, 0.2) is 48.7 Å². The lowest BCUT2D eigenvalue weighted by Crippen LogP contribution is -2.38. The number of halogens is 2. The van der Waals surface area contributed by atoms with Gasteiger partial charge in [-0.15, -0.1) is 0 Å². The molecule has 2 aromatic carbocycles. The molecule has 1 aliphatic rings. The number of amides is 2. The number of carbonyl (C=O) groups excluding carboxylic acids is 1. The zero-order valence-corrected chi connectivity index (χ0v) is 15.7. The molecule has 0 spiro atoms. The Morgan fingerprint density at radius 3 is 3.04 bits per heavy atom. The monoisotopic (exact) mass is 403 g/mol. The van der Waals surface area contributed by atoms with E-state index in [1.165, 1.54) is 29.7 Å². The molecular weight excluding hydrogens is 389 g/mol. The highest BCUT2D eigenvalue weighted by atomic mass is 35.5. The van der Waals surface area contributed by atoms with Gasteiger partial charge in [0, 0.05) is 23.3 Å². The lowest BCUT2D eigenvalue weighted by Gasteiger charge is -2.29. The average Bonchev–Trinajstić information content (AvgIpc) is 3.07. The minimum absolute atomic E-state index is 0.259. The second-order valence-corrected chi connectivity index (χ2v) is 7.43. The van der Waals surface area contributed by atoms with Crippen molar-refractivity contribution < 1.29 is 13.9 Å². The summed E-state index contributed by atoms with van der Waals surface area (Å²) in [6, 6.07) is 11.1. The quantitative estimate of drug-likeness (QED) is 0.609. The number of anilines is 2. The van der Waals surface area contributed by atoms with Crippen LogP contribution >= 0.6 is 22.9 Å². The predicted molar refractivity (Wildman–Crippen MR) is 105 cm³/mol. The molecule has 1 aromatic heterocycles. The Hall–Kier alpha value is -2.64. The Kier molecular flexibility index (Phi) is 4.96. The van der Waals surface area contributed by atoms with Gasteiger partial charge in [0.05, 0.1) is 6.20 Å². The van der Waals surface area contributed by atoms with Crippen molar-refractivity contribution in [3.63, 3.8) is 0 Å². The number of ether oxygens (including phenoxy) is 1. The standard InChI is InChI=1S/C19H15ClFN3O2S/c20-13-6-7-16-12(9-13)3-2-8-24(16)19(25)23-18-22-11-17(27-18)26-15-5-1-4-14(21)10-15/h1,4-7,9-11H,2-3,8H2,(H,22,23,25). The maximum absolute atomic E-state index is 13.2. The highest BCUT2D eigenvalue weighted by molar-refractivity contribution is 7.17. The molecule has 0 bridgehead atoms. The molecule has 2 heterocycles. The summed E-state index contributed by atoms with van der Waals surface area (Å²) in [5, 5.41) is 4.32. The first-order valence-corrected chi connectivity index (χ1v) is 9.54. The molecule has 0 radical (unpaired) electrons. The second kappa shape index (κ2) is 7.54. The molecule has 0 saturated heterocycles. The first-order valence-electron chi connectivity index (χ1n) is 8.35. The highest BCUT2D eigenvalue weighted by Gasteiger charge is 2.23. The molecule has 3 aromatic rings. The number of fused-ring (bicyclic) bond motifs is 1. The van der Waals surface area contributed by atoms with E-state index >= 15 is 0 Å². The third-order valence-corrected chi connectivity index (χ3v) is 5.14. The number of hydrogen-bond acceptors (Lipinski definition) is 4. The van der Waals surface area contributed by atoms with Gasteiger partial charge in [-0.05, 0) is 48.7 Å². The van der Waals surface area contributed by atoms with E-state index < -0.39 is 0 Å². The van der Waals surface area contributed by atoms with E-state index in [-0.39, 0.29) is 11.8 Å². The number of aryl methyl sites for hydroxylation is 1. The topological polar surface area (TPSA) is 54.5 Å². The normalized spacial score (nSPS) is 13.2. The summed E-state index contributed by atoms with van der Waals surface area (Å²) in [7, 11) is 0. The maximum Gasteiger partial charge on any atom is 0.328 e. The predicted octanol–water partition coefficient (Wildman–Crippen LogP) is 5.71. The molecule has 0 aliphatic carbocycles. The zero-order chi connectivity index (χ0) is 18.8. The SMILES string of the molecule is O=C(Nc1ncc(Oc2cccc(F)c2)s1)N1CCCc2cc(Cl)ccc21. The lowest BCUT2D eigenvalue weighted by atomic mass is 10.0. The number of hydrogen-bond donors (Lipinski definition) is 1. The Balaban J connectivity index is 1.46. The van der Waals surface area contributed by atoms with E-state index in [0.717, 1.165) is 24.1 Å². The molecule has 4 rings (SSSR count). The van der Waals surface area contributed by atoms with Crippen LogP contribution in [0, 0.1) is 5.82 Å². The van der Waals surface area contributed by atoms with Crippen molar-refractivity contribution in [2.24, 2.45) is 0 Å². The smallest absolute Gasteiger partial charge is 0.328 e. The molecule has 0 atom stereocenters. The van der Waals surface area contributed by atoms with Crippen LogP contribution in [0.1, 0.15) is 12.0 Å². The molecule has 27 heavy (non-hydrogen) atoms. The van der Waals surface area contributed by atoms with Crippen LogP contribution in [0.25, 0.3) is 0 Å². The van der Waals surface area contributed by atoms with Crippen LogP contribution < -0.4 is 15.0 Å². The van der Waals surface area contributed by atoms with Crippen molar-refractivity contribution in [3.8, 4) is 10.8 Å². The van der Waals surface area contributed by atoms with Crippen LogP contribution in [-0.4, -0.2) is 17.6 Å². The van der Waals surface area contributed by atoms with Crippen molar-refractivity contribution in [3.05, 3.63) is 65.1 Å². The van der Waals surface area contributed by atoms with Crippen molar-refractivity contribution in [2.45, 2.75) is 12.8 Å². The fourth-order valence-corrected chi connectivity index (χ4v) is 3.82. The van der Waals surface area contributed by atoms with E-state index in [1.54, 1.807) is 23.1 Å². The number of carbonyl (C=O) groups is 1. The molecule has 0 fully saturated rings. The molecular formula is C19H15ClFN3O2S. The Labute approximate surface area is 164 Å². The van der Waals surface area contributed by atoms with Gasteiger partial charge in [0.15, 0.2) is 5.13 Å². The minimum atomic E-state index is -0.380. The number of aromatic nitrogens is 1. The van der Waals surface area contributed by atoms with Gasteiger partial charge < -0.3 is 4.74 Å². The first kappa shape index (κ1) is 17.8. The zero-order valence-electron chi connectivity index (χ0n) is 14.1. The van der Waals surface area contributed by atoms with Gasteiger partial charge in [-0.1, -0.05) is 29.0 Å². The molecule has 0 saturated carbocycles. The van der Waals surface area contributed by atoms with Crippen LogP contribution in [-0.2, 0) is 6.42 Å². The molecule has 8 heteroatoms. The number of rotatable bonds is 3. The summed E-state index contributed by atoms with van der Waals surface area (Å²) >= 11 is 7.22. The third kappa shape index (κ3) is 4.04. The Morgan fingerprint density at radius 2 is 2.19 bits per heavy atom. The highest BCUT2D eigenvalue weighted by Crippen LogP contribution is 2.33. The van der Waals surface area contributed by atoms with E-state index in [4.69, 9.17) is 16.3 Å². The van der Waals surface area contributed by atoms with Crippen molar-refractivity contribution in [1.82, 2.24) is 4.98 Å². The Bertz CT molecular complexity index is 995. The number of benzene rings is 2. The van der Waals surface area contributed by atoms with Gasteiger partial charge in [0.25, 0.3) is 0 Å². The van der Waals surface area contributed by atoms with Gasteiger partial charge in [0.2, 0.25) is 5.06 Å². The first-order chi connectivity index (χ1) is 13.1. The summed E-state index contributed by atoms with van der Waals surface area (Å²) < 4.78 is 18.8. The van der Waals surface area contributed by atoms with Gasteiger partial charge >= 0.3 is 6.03 Å². The molecule has 1 N–H and O–H groups in total. The fraction of sp³-hybridized carbons (Fsp3) is 0.158. The molecule has 0 unspecified atom stereocenters. The molecule has 5 nitrogen and oxygen atoms in total. The van der Waals surface area contributed by atoms with E-state index in [1.807, 2.05) is 12.1 Å². The maximum atomic E-state index is 13.2. The fourth-order valence-electron chi connectivity index (χ4n) is 2.95. The van der Waals surface area contributed by atoms with E-state index in [0.29, 0.717) is 27.5 Å². The summed E-state index contributed by atoms with van der Waals surface area (Å²) in [6.45, 7) is 0.624. The number of thiazole rings is 1. The summed E-state index contributed by atoms with van der Waals surface area (Å²) in [4.78, 5) is 18.5. The third-order valence-electron chi connectivity index (χ3n) is 4.12. The van der Waals surface area contributed by atoms with Crippen molar-refractivity contribution in [2.75, 3.05) is 16.8 Å². The largest absolute Gasteiger partial charge is 0.445 e. The van der Waals surface area contributed by atoms with E-state index in [2.05, 4.69) is 10.3 Å². The Morgan fingerprint density at radius 1 is 1.30 bits per heavy atom. The molecule has 2 amide bonds. The van der Waals surface area contributed by atoms with Crippen LogP contribution in [0.2, 0.25) is 5.02 Å². The number of nitrogens with zero attached hydrogens (tertiary/aromatic N) is 2. The van der Waals surface area contributed by atoms with Gasteiger partial charge in [-0.2, -0.15) is 0 Å². The van der Waals surface area contributed by atoms with Crippen molar-refractivity contribution in [1.29, 1.82) is 0 Å². The summed E-state index contributed by atoms with van der Waals surface area (Å²) in [6.07, 6.45) is 3.25. The van der Waals surface area contributed by atoms with Crippen molar-refractivity contribution >= 4 is 39.8 Å². The summed E-state index contributed by atoms with van der Waals surface area (Å²) in [5.41, 5.74) is 1.91. The molecule has 1 aliphatic heterocycles. The van der Waals surface area contributed by atoms with Gasteiger partial charge in [0.1, 0.15) is 11.6 Å². The second-order valence-electron chi connectivity index (χ2n) is 6.00. The number of urea groups is 1.